The number of hydrogen-bond donors (Lipinski definition) is 1. The summed E-state index contributed by atoms with van der Waals surface area (Å²) in [6, 6.07) is 1.66. The molecule has 2 aromatic heterocycles. The fourth-order valence-corrected chi connectivity index (χ4v) is 4.72. The van der Waals surface area contributed by atoms with Gasteiger partial charge >= 0.3 is 0 Å². The second-order valence-corrected chi connectivity index (χ2v) is 8.66. The summed E-state index contributed by atoms with van der Waals surface area (Å²) < 4.78 is 29.2. The highest BCUT2D eigenvalue weighted by molar-refractivity contribution is 7.89. The first-order valence-corrected chi connectivity index (χ1v) is 10.1. The first-order chi connectivity index (χ1) is 12.6. The Kier molecular flexibility index (Phi) is 4.96. The molecule has 27 heavy (non-hydrogen) atoms. The lowest BCUT2D eigenvalue weighted by Gasteiger charge is -2.28. The van der Waals surface area contributed by atoms with Crippen molar-refractivity contribution in [1.82, 2.24) is 24.0 Å². The van der Waals surface area contributed by atoms with Gasteiger partial charge in [0.25, 0.3) is 5.91 Å². The Bertz CT molecular complexity index is 996. The third-order valence-corrected chi connectivity index (χ3v) is 6.59. The molecule has 2 aromatic rings. The number of aromatic nitrogens is 3. The van der Waals surface area contributed by atoms with Crippen molar-refractivity contribution in [2.24, 2.45) is 0 Å². The van der Waals surface area contributed by atoms with Gasteiger partial charge in [-0.3, -0.25) is 9.48 Å². The molecule has 0 spiro atoms. The summed E-state index contributed by atoms with van der Waals surface area (Å²) in [5.74, 6) is -0.0910. The minimum atomic E-state index is -3.69. The molecule has 0 aromatic carbocycles. The second-order valence-electron chi connectivity index (χ2n) is 6.75. The number of carbonyl (C=O) groups excluding carboxylic acids is 1. The highest BCUT2D eigenvalue weighted by atomic mass is 32.2. The van der Waals surface area contributed by atoms with Crippen molar-refractivity contribution in [2.75, 3.05) is 26.4 Å². The lowest BCUT2D eigenvalue weighted by molar-refractivity contribution is 0.0828. The molecule has 1 aliphatic heterocycles. The van der Waals surface area contributed by atoms with E-state index >= 15 is 0 Å². The third kappa shape index (κ3) is 3.42. The zero-order valence-corrected chi connectivity index (χ0v) is 16.7. The summed E-state index contributed by atoms with van der Waals surface area (Å²) in [5.41, 5.74) is 8.12. The van der Waals surface area contributed by atoms with Crippen LogP contribution in [0.5, 0.6) is 0 Å². The van der Waals surface area contributed by atoms with E-state index in [1.54, 1.807) is 38.0 Å². The number of nitrogens with two attached hydrogens (primary N) is 1. The molecule has 0 aliphatic carbocycles. The van der Waals surface area contributed by atoms with Crippen LogP contribution in [0.15, 0.2) is 17.2 Å². The summed E-state index contributed by atoms with van der Waals surface area (Å²) in [6.45, 7) is 4.64. The second kappa shape index (κ2) is 6.93. The van der Waals surface area contributed by atoms with Crippen molar-refractivity contribution < 1.29 is 13.2 Å². The van der Waals surface area contributed by atoms with Crippen LogP contribution in [0.25, 0.3) is 0 Å². The molecule has 0 radical (unpaired) electrons. The number of anilines is 1. The Balaban J connectivity index is 1.96. The van der Waals surface area contributed by atoms with Crippen LogP contribution in [0.3, 0.4) is 0 Å². The first-order valence-electron chi connectivity index (χ1n) is 8.69. The van der Waals surface area contributed by atoms with Gasteiger partial charge in [0, 0.05) is 52.0 Å². The smallest absolute Gasteiger partial charge is 0.257 e. The van der Waals surface area contributed by atoms with Gasteiger partial charge in [-0.2, -0.15) is 9.40 Å². The molecule has 1 amide bonds. The van der Waals surface area contributed by atoms with Gasteiger partial charge < -0.3 is 10.6 Å². The molecule has 3 rings (SSSR count). The summed E-state index contributed by atoms with van der Waals surface area (Å²) >= 11 is 0. The van der Waals surface area contributed by atoms with Gasteiger partial charge in [-0.25, -0.2) is 13.4 Å². The van der Waals surface area contributed by atoms with Crippen LogP contribution in [0.4, 0.5) is 5.82 Å². The van der Waals surface area contributed by atoms with E-state index in [1.165, 1.54) is 9.21 Å². The molecule has 1 aliphatic rings. The van der Waals surface area contributed by atoms with E-state index in [0.29, 0.717) is 30.8 Å². The molecule has 10 heteroatoms. The molecular weight excluding hydrogens is 368 g/mol. The van der Waals surface area contributed by atoms with Gasteiger partial charge in [0.1, 0.15) is 10.7 Å². The standard InChI is InChI=1S/C17H24N6O3S/c1-5-22-10-15(11(2)20-22)27(25,26)23-7-6-14-12(9-23)8-13(16(18)19-14)17(24)21(3)4/h8,10H,5-7,9H2,1-4H3,(H2,18,19). The van der Waals surface area contributed by atoms with E-state index in [4.69, 9.17) is 5.73 Å². The van der Waals surface area contributed by atoms with Gasteiger partial charge in [0.05, 0.1) is 11.3 Å². The van der Waals surface area contributed by atoms with E-state index in [2.05, 4.69) is 10.1 Å². The molecule has 0 fully saturated rings. The number of rotatable bonds is 4. The molecule has 0 saturated heterocycles. The lowest BCUT2D eigenvalue weighted by atomic mass is 10.0. The zero-order chi connectivity index (χ0) is 19.9. The average Bonchev–Trinajstić information content (AvgIpc) is 3.01. The zero-order valence-electron chi connectivity index (χ0n) is 15.9. The van der Waals surface area contributed by atoms with Gasteiger partial charge in [0.2, 0.25) is 10.0 Å². The number of nitrogens with zero attached hydrogens (tertiary/aromatic N) is 5. The maximum Gasteiger partial charge on any atom is 0.257 e. The molecule has 0 atom stereocenters. The predicted octanol–water partition coefficient (Wildman–Crippen LogP) is 0.637. The van der Waals surface area contributed by atoms with E-state index in [-0.39, 0.29) is 28.7 Å². The number of sulfonamides is 1. The number of aryl methyl sites for hydroxylation is 2. The number of hydrogen-bond acceptors (Lipinski definition) is 6. The van der Waals surface area contributed by atoms with Crippen LogP contribution >= 0.6 is 0 Å². The number of carbonyl (C=O) groups is 1. The first kappa shape index (κ1) is 19.3. The molecule has 0 saturated carbocycles. The van der Waals surface area contributed by atoms with E-state index < -0.39 is 10.0 Å². The molecule has 0 unspecified atom stereocenters. The van der Waals surface area contributed by atoms with E-state index in [1.807, 2.05) is 6.92 Å². The molecule has 9 nitrogen and oxygen atoms in total. The van der Waals surface area contributed by atoms with Crippen LogP contribution < -0.4 is 5.73 Å². The van der Waals surface area contributed by atoms with E-state index in [0.717, 1.165) is 5.69 Å². The van der Waals surface area contributed by atoms with Gasteiger partial charge in [-0.05, 0) is 25.5 Å². The molecular formula is C17H24N6O3S. The van der Waals surface area contributed by atoms with Crippen LogP contribution in [-0.4, -0.2) is 58.9 Å². The topological polar surface area (TPSA) is 114 Å². The summed E-state index contributed by atoms with van der Waals surface area (Å²) in [4.78, 5) is 18.3. The Labute approximate surface area is 158 Å². The predicted molar refractivity (Wildman–Crippen MR) is 101 cm³/mol. The minimum Gasteiger partial charge on any atom is -0.383 e. The summed E-state index contributed by atoms with van der Waals surface area (Å²) in [6.07, 6.45) is 2.00. The highest BCUT2D eigenvalue weighted by Gasteiger charge is 2.32. The quantitative estimate of drug-likeness (QED) is 0.816. The van der Waals surface area contributed by atoms with Crippen molar-refractivity contribution in [3.05, 3.63) is 34.8 Å². The summed E-state index contributed by atoms with van der Waals surface area (Å²) in [5, 5.41) is 4.23. The van der Waals surface area contributed by atoms with Crippen LogP contribution in [0.1, 0.15) is 34.2 Å². The lowest BCUT2D eigenvalue weighted by Crippen LogP contribution is -2.37. The van der Waals surface area contributed by atoms with Crippen molar-refractivity contribution in [2.45, 2.75) is 38.3 Å². The third-order valence-electron chi connectivity index (χ3n) is 4.65. The fraction of sp³-hybridized carbons (Fsp3) is 0.471. The minimum absolute atomic E-state index is 0.148. The SMILES string of the molecule is CCn1cc(S(=O)(=O)N2CCc3nc(N)c(C(=O)N(C)C)cc3C2)c(C)n1. The van der Waals surface area contributed by atoms with Gasteiger partial charge in [-0.1, -0.05) is 0 Å². The normalized spacial score (nSPS) is 14.8. The fourth-order valence-electron chi connectivity index (χ4n) is 3.13. The Morgan fingerprint density at radius 2 is 2.07 bits per heavy atom. The maximum atomic E-state index is 13.1. The molecule has 2 N–H and O–H groups in total. The summed E-state index contributed by atoms with van der Waals surface area (Å²) in [7, 11) is -0.426. The number of nitrogen functional groups attached to an aromatic ring is 1. The van der Waals surface area contributed by atoms with Crippen molar-refractivity contribution >= 4 is 21.7 Å². The largest absolute Gasteiger partial charge is 0.383 e. The van der Waals surface area contributed by atoms with E-state index in [9.17, 15) is 13.2 Å². The van der Waals surface area contributed by atoms with Crippen LogP contribution in [-0.2, 0) is 29.5 Å². The van der Waals surface area contributed by atoms with Gasteiger partial charge in [-0.15, -0.1) is 0 Å². The highest BCUT2D eigenvalue weighted by Crippen LogP contribution is 2.27. The average molecular weight is 392 g/mol. The number of amides is 1. The molecule has 146 valence electrons. The monoisotopic (exact) mass is 392 g/mol. The maximum absolute atomic E-state index is 13.1. The molecule has 3 heterocycles. The van der Waals surface area contributed by atoms with Crippen molar-refractivity contribution in [3.8, 4) is 0 Å². The Morgan fingerprint density at radius 3 is 2.67 bits per heavy atom. The number of pyridine rings is 1. The number of fused-ring (bicyclic) bond motifs is 1. The van der Waals surface area contributed by atoms with Crippen LogP contribution in [0.2, 0.25) is 0 Å². The molecule has 0 bridgehead atoms. The van der Waals surface area contributed by atoms with Crippen molar-refractivity contribution in [1.29, 1.82) is 0 Å². The Hall–Kier alpha value is -2.46. The Morgan fingerprint density at radius 1 is 1.37 bits per heavy atom. The van der Waals surface area contributed by atoms with Crippen LogP contribution in [0, 0.1) is 6.92 Å². The van der Waals surface area contributed by atoms with Gasteiger partial charge in [0.15, 0.2) is 0 Å². The van der Waals surface area contributed by atoms with Crippen molar-refractivity contribution in [3.63, 3.8) is 0 Å².